The maximum absolute atomic E-state index is 15.4. The molecule has 1 saturated heterocycles. The topological polar surface area (TPSA) is 84.2 Å². The van der Waals surface area contributed by atoms with Crippen molar-refractivity contribution in [3.05, 3.63) is 76.4 Å². The van der Waals surface area contributed by atoms with Crippen molar-refractivity contribution in [2.75, 3.05) is 24.5 Å². The number of piperazine rings is 1. The zero-order valence-corrected chi connectivity index (χ0v) is 22.2. The van der Waals surface area contributed by atoms with Crippen LogP contribution in [0.1, 0.15) is 56.5 Å². The van der Waals surface area contributed by atoms with Gasteiger partial charge >= 0.3 is 5.69 Å². The molecule has 5 heterocycles. The van der Waals surface area contributed by atoms with Gasteiger partial charge in [-0.2, -0.15) is 4.98 Å². The fraction of sp³-hybridized carbons (Fsp3) is 0.414. The molecule has 0 aromatic carbocycles. The molecule has 1 fully saturated rings. The number of amides is 1. The molecular formula is C29H33FN6O2. The van der Waals surface area contributed by atoms with Crippen LogP contribution in [-0.2, 0) is 17.6 Å². The van der Waals surface area contributed by atoms with Gasteiger partial charge in [-0.3, -0.25) is 9.78 Å². The minimum atomic E-state index is -0.474. The van der Waals surface area contributed by atoms with Crippen LogP contribution in [0.25, 0.3) is 16.7 Å². The van der Waals surface area contributed by atoms with Gasteiger partial charge in [0.25, 0.3) is 0 Å². The number of halogens is 1. The number of anilines is 1. The molecule has 1 amide bonds. The summed E-state index contributed by atoms with van der Waals surface area (Å²) in [6.45, 7) is 11.0. The van der Waals surface area contributed by atoms with Gasteiger partial charge < -0.3 is 9.80 Å². The second-order valence-corrected chi connectivity index (χ2v) is 10.3. The molecule has 2 aliphatic heterocycles. The molecule has 8 nitrogen and oxygen atoms in total. The van der Waals surface area contributed by atoms with Crippen LogP contribution >= 0.6 is 0 Å². The normalized spacial score (nSPS) is 18.7. The average Bonchev–Trinajstić information content (AvgIpc) is 2.89. The standard InChI is InChI=1S/C29H33FN6O2/c1-5-24(37)34-14-15-35(19(4)17-34)27-21-16-22(30)23-11-9-7-6-8-10-20-12-13-31-25(18(2)3)26(20)36(28(21)32-23)29(38)33-27/h5-7,12-13,16,18-19H,1,8-11,14-15,17H2,2-4H3/b7-6+/t19-/m0/s1. The number of pyridine rings is 2. The van der Waals surface area contributed by atoms with Gasteiger partial charge in [-0.05, 0) is 62.3 Å². The summed E-state index contributed by atoms with van der Waals surface area (Å²) in [5, 5.41) is 0.471. The first-order valence-corrected chi connectivity index (χ1v) is 13.2. The molecular weight excluding hydrogens is 483 g/mol. The fourth-order valence-corrected chi connectivity index (χ4v) is 5.43. The van der Waals surface area contributed by atoms with E-state index in [9.17, 15) is 9.59 Å². The number of allylic oxidation sites excluding steroid dienone is 2. The third kappa shape index (κ3) is 4.61. The van der Waals surface area contributed by atoms with Crippen LogP contribution < -0.4 is 10.6 Å². The lowest BCUT2D eigenvalue weighted by atomic mass is 10.00. The Morgan fingerprint density at radius 3 is 2.66 bits per heavy atom. The van der Waals surface area contributed by atoms with Crippen LogP contribution in [0.4, 0.5) is 10.2 Å². The lowest BCUT2D eigenvalue weighted by molar-refractivity contribution is -0.126. The summed E-state index contributed by atoms with van der Waals surface area (Å²) in [5.74, 6) is -0.117. The number of rotatable bonds is 3. The summed E-state index contributed by atoms with van der Waals surface area (Å²) < 4.78 is 17.0. The summed E-state index contributed by atoms with van der Waals surface area (Å²) >= 11 is 0. The predicted octanol–water partition coefficient (Wildman–Crippen LogP) is 4.10. The summed E-state index contributed by atoms with van der Waals surface area (Å²) in [6, 6.07) is 3.26. The third-order valence-corrected chi connectivity index (χ3v) is 7.36. The number of carbonyl (C=O) groups is 1. The van der Waals surface area contributed by atoms with Crippen LogP contribution in [0, 0.1) is 5.82 Å². The molecule has 1 atom stereocenters. The number of fused-ring (bicyclic) bond motifs is 3. The van der Waals surface area contributed by atoms with E-state index in [4.69, 9.17) is 4.98 Å². The molecule has 0 radical (unpaired) electrons. The van der Waals surface area contributed by atoms with Crippen LogP contribution in [-0.4, -0.2) is 56.0 Å². The van der Waals surface area contributed by atoms with Gasteiger partial charge in [-0.1, -0.05) is 32.6 Å². The van der Waals surface area contributed by atoms with E-state index in [1.807, 2.05) is 31.7 Å². The fourth-order valence-electron chi connectivity index (χ4n) is 5.43. The Labute approximate surface area is 221 Å². The number of hydrogen-bond acceptors (Lipinski definition) is 6. The minimum absolute atomic E-state index is 0.0467. The first-order valence-electron chi connectivity index (χ1n) is 13.2. The van der Waals surface area contributed by atoms with Crippen LogP contribution in [0.3, 0.4) is 0 Å². The summed E-state index contributed by atoms with van der Waals surface area (Å²) in [5.41, 5.74) is 2.67. The molecule has 2 bridgehead atoms. The van der Waals surface area contributed by atoms with Crippen LogP contribution in [0.2, 0.25) is 0 Å². The largest absolute Gasteiger partial charge is 0.355 e. The van der Waals surface area contributed by atoms with Gasteiger partial charge in [0.2, 0.25) is 5.91 Å². The van der Waals surface area contributed by atoms with Crippen molar-refractivity contribution < 1.29 is 9.18 Å². The number of carbonyl (C=O) groups excluding carboxylic acids is 1. The van der Waals surface area contributed by atoms with E-state index in [0.717, 1.165) is 24.1 Å². The van der Waals surface area contributed by atoms with Crippen LogP contribution in [0.5, 0.6) is 0 Å². The number of aryl methyl sites for hydroxylation is 2. The van der Waals surface area contributed by atoms with Crippen molar-refractivity contribution >= 4 is 22.8 Å². The van der Waals surface area contributed by atoms with Crippen molar-refractivity contribution in [3.8, 4) is 5.69 Å². The van der Waals surface area contributed by atoms with Crippen LogP contribution in [0.15, 0.2) is 47.9 Å². The molecule has 0 aliphatic carbocycles. The molecule has 2 aliphatic rings. The molecule has 0 N–H and O–H groups in total. The maximum atomic E-state index is 15.4. The van der Waals surface area contributed by atoms with Gasteiger partial charge in [0.1, 0.15) is 11.6 Å². The van der Waals surface area contributed by atoms with Crippen molar-refractivity contribution in [2.45, 2.75) is 58.4 Å². The number of nitrogens with zero attached hydrogens (tertiary/aromatic N) is 6. The van der Waals surface area contributed by atoms with Gasteiger partial charge in [-0.25, -0.2) is 18.7 Å². The third-order valence-electron chi connectivity index (χ3n) is 7.36. The van der Waals surface area contributed by atoms with E-state index < -0.39 is 11.5 Å². The SMILES string of the molecule is C=CC(=O)N1CCN(c2nc(=O)n3c4nc(c(F)cc24)CC/C=C/CCc2ccnc(C(C)C)c2-3)[C@@H](C)C1. The van der Waals surface area contributed by atoms with E-state index in [1.165, 1.54) is 16.7 Å². The van der Waals surface area contributed by atoms with Crippen molar-refractivity contribution in [2.24, 2.45) is 0 Å². The number of aromatic nitrogens is 4. The lowest BCUT2D eigenvalue weighted by Gasteiger charge is -2.40. The first-order chi connectivity index (χ1) is 18.3. The van der Waals surface area contributed by atoms with Gasteiger partial charge in [0.05, 0.1) is 22.5 Å². The smallest absolute Gasteiger partial charge is 0.350 e. The van der Waals surface area contributed by atoms with Gasteiger partial charge in [-0.15, -0.1) is 0 Å². The first kappa shape index (κ1) is 25.8. The lowest BCUT2D eigenvalue weighted by Crippen LogP contribution is -2.54. The maximum Gasteiger partial charge on any atom is 0.355 e. The monoisotopic (exact) mass is 516 g/mol. The highest BCUT2D eigenvalue weighted by atomic mass is 19.1. The number of hydrogen-bond donors (Lipinski definition) is 0. The second kappa shape index (κ2) is 10.5. The quantitative estimate of drug-likeness (QED) is 0.385. The zero-order chi connectivity index (χ0) is 27.0. The highest BCUT2D eigenvalue weighted by molar-refractivity contribution is 5.90. The molecule has 9 heteroatoms. The van der Waals surface area contributed by atoms with Crippen molar-refractivity contribution in [3.63, 3.8) is 0 Å². The van der Waals surface area contributed by atoms with Gasteiger partial charge in [0, 0.05) is 31.9 Å². The van der Waals surface area contributed by atoms with E-state index in [-0.39, 0.29) is 17.9 Å². The van der Waals surface area contributed by atoms with E-state index in [2.05, 4.69) is 28.7 Å². The van der Waals surface area contributed by atoms with Crippen molar-refractivity contribution in [1.82, 2.24) is 24.4 Å². The highest BCUT2D eigenvalue weighted by Crippen LogP contribution is 2.32. The Hall–Kier alpha value is -3.88. The second-order valence-electron chi connectivity index (χ2n) is 10.3. The molecule has 3 aromatic heterocycles. The molecule has 5 rings (SSSR count). The molecule has 0 saturated carbocycles. The molecule has 198 valence electrons. The minimum Gasteiger partial charge on any atom is -0.350 e. The molecule has 0 spiro atoms. The Kier molecular flexibility index (Phi) is 7.10. The van der Waals surface area contributed by atoms with E-state index in [1.54, 1.807) is 11.1 Å². The van der Waals surface area contributed by atoms with Crippen molar-refractivity contribution in [1.29, 1.82) is 0 Å². The molecule has 0 unspecified atom stereocenters. The zero-order valence-electron chi connectivity index (χ0n) is 22.2. The summed E-state index contributed by atoms with van der Waals surface area (Å²) in [7, 11) is 0. The molecule has 3 aromatic rings. The Bertz CT molecular complexity index is 1490. The van der Waals surface area contributed by atoms with Gasteiger partial charge in [0.15, 0.2) is 5.65 Å². The average molecular weight is 517 g/mol. The Balaban J connectivity index is 1.77. The Morgan fingerprint density at radius 2 is 1.95 bits per heavy atom. The van der Waals surface area contributed by atoms with E-state index in [0.29, 0.717) is 60.7 Å². The predicted molar refractivity (Wildman–Crippen MR) is 146 cm³/mol. The summed E-state index contributed by atoms with van der Waals surface area (Å²) in [4.78, 5) is 43.7. The van der Waals surface area contributed by atoms with E-state index >= 15 is 4.39 Å². The molecule has 38 heavy (non-hydrogen) atoms. The summed E-state index contributed by atoms with van der Waals surface area (Å²) in [6.07, 6.45) is 9.87. The highest BCUT2D eigenvalue weighted by Gasteiger charge is 2.30. The Morgan fingerprint density at radius 1 is 1.18 bits per heavy atom.